The number of aromatic amines is 1. The minimum atomic E-state index is -0.118. The predicted molar refractivity (Wildman–Crippen MR) is 84.6 cm³/mol. The fourth-order valence-electron chi connectivity index (χ4n) is 2.26. The predicted octanol–water partition coefficient (Wildman–Crippen LogP) is 3.94. The van der Waals surface area contributed by atoms with Crippen LogP contribution in [0.2, 0.25) is 0 Å². The van der Waals surface area contributed by atoms with Gasteiger partial charge >= 0.3 is 0 Å². The molecule has 4 heteroatoms. The molecule has 3 aromatic rings. The largest absolute Gasteiger partial charge is 0.322 e. The maximum atomic E-state index is 12.3. The molecular weight excluding hydrogens is 262 g/mol. The van der Waals surface area contributed by atoms with Gasteiger partial charge in [0.15, 0.2) is 0 Å². The highest BCUT2D eigenvalue weighted by molar-refractivity contribution is 6.06. The van der Waals surface area contributed by atoms with Gasteiger partial charge in [0.05, 0.1) is 11.7 Å². The van der Waals surface area contributed by atoms with Crippen LogP contribution in [-0.4, -0.2) is 16.1 Å². The van der Waals surface area contributed by atoms with Crippen LogP contribution >= 0.6 is 0 Å². The fraction of sp³-hybridized carbons (Fsp3) is 0.176. The molecule has 2 N–H and O–H groups in total. The molecule has 3 rings (SSSR count). The smallest absolute Gasteiger partial charge is 0.255 e. The van der Waals surface area contributed by atoms with Crippen molar-refractivity contribution in [2.75, 3.05) is 5.32 Å². The second kappa shape index (κ2) is 5.40. The standard InChI is InChI=1S/C17H17N3O/c1-11(2)12-4-3-5-15(8-12)19-17(21)13-6-7-14-10-18-20-16(14)9-13/h3-11H,1-2H3,(H,18,20)(H,19,21). The van der Waals surface area contributed by atoms with Crippen LogP contribution in [0, 0.1) is 0 Å². The number of anilines is 1. The zero-order chi connectivity index (χ0) is 14.8. The lowest BCUT2D eigenvalue weighted by molar-refractivity contribution is 0.102. The first kappa shape index (κ1) is 13.4. The summed E-state index contributed by atoms with van der Waals surface area (Å²) in [7, 11) is 0. The highest BCUT2D eigenvalue weighted by atomic mass is 16.1. The Labute approximate surface area is 123 Å². The number of nitrogens with zero attached hydrogens (tertiary/aromatic N) is 1. The van der Waals surface area contributed by atoms with Crippen molar-refractivity contribution >= 4 is 22.5 Å². The average molecular weight is 279 g/mol. The molecule has 0 unspecified atom stereocenters. The molecule has 0 fully saturated rings. The van der Waals surface area contributed by atoms with Crippen LogP contribution < -0.4 is 5.32 Å². The number of aromatic nitrogens is 2. The molecule has 0 spiro atoms. The van der Waals surface area contributed by atoms with E-state index in [1.165, 1.54) is 5.56 Å². The second-order valence-corrected chi connectivity index (χ2v) is 5.41. The zero-order valence-corrected chi connectivity index (χ0v) is 12.1. The van der Waals surface area contributed by atoms with Gasteiger partial charge in [0, 0.05) is 16.6 Å². The Balaban J connectivity index is 1.83. The first-order chi connectivity index (χ1) is 10.1. The zero-order valence-electron chi connectivity index (χ0n) is 12.1. The van der Waals surface area contributed by atoms with E-state index in [1.807, 2.05) is 30.3 Å². The number of carbonyl (C=O) groups is 1. The number of carbonyl (C=O) groups excluding carboxylic acids is 1. The van der Waals surface area contributed by atoms with Crippen LogP contribution in [0.1, 0.15) is 35.7 Å². The molecule has 106 valence electrons. The summed E-state index contributed by atoms with van der Waals surface area (Å²) in [5, 5.41) is 10.8. The van der Waals surface area contributed by atoms with E-state index in [-0.39, 0.29) is 5.91 Å². The Morgan fingerprint density at radius 1 is 1.19 bits per heavy atom. The third-order valence-corrected chi connectivity index (χ3v) is 3.52. The number of benzene rings is 2. The van der Waals surface area contributed by atoms with Crippen LogP contribution in [0.5, 0.6) is 0 Å². The van der Waals surface area contributed by atoms with Gasteiger partial charge in [-0.3, -0.25) is 9.89 Å². The van der Waals surface area contributed by atoms with E-state index in [9.17, 15) is 4.79 Å². The molecule has 21 heavy (non-hydrogen) atoms. The summed E-state index contributed by atoms with van der Waals surface area (Å²) in [6.07, 6.45) is 1.74. The van der Waals surface area contributed by atoms with Gasteiger partial charge in [0.1, 0.15) is 0 Å². The van der Waals surface area contributed by atoms with Crippen molar-refractivity contribution < 1.29 is 4.79 Å². The third kappa shape index (κ3) is 2.79. The molecular formula is C17H17N3O. The summed E-state index contributed by atoms with van der Waals surface area (Å²) in [5.74, 6) is 0.315. The van der Waals surface area contributed by atoms with E-state index in [1.54, 1.807) is 12.3 Å². The summed E-state index contributed by atoms with van der Waals surface area (Å²) in [4.78, 5) is 12.3. The van der Waals surface area contributed by atoms with E-state index < -0.39 is 0 Å². The van der Waals surface area contributed by atoms with Crippen molar-refractivity contribution in [3.63, 3.8) is 0 Å². The van der Waals surface area contributed by atoms with Gasteiger partial charge in [-0.15, -0.1) is 0 Å². The number of fused-ring (bicyclic) bond motifs is 1. The van der Waals surface area contributed by atoms with Gasteiger partial charge in [0.2, 0.25) is 0 Å². The van der Waals surface area contributed by atoms with E-state index in [0.717, 1.165) is 16.6 Å². The highest BCUT2D eigenvalue weighted by Crippen LogP contribution is 2.20. The van der Waals surface area contributed by atoms with E-state index >= 15 is 0 Å². The van der Waals surface area contributed by atoms with Crippen LogP contribution in [0.3, 0.4) is 0 Å². The van der Waals surface area contributed by atoms with E-state index in [4.69, 9.17) is 0 Å². The molecule has 0 bridgehead atoms. The number of hydrogen-bond acceptors (Lipinski definition) is 2. The lowest BCUT2D eigenvalue weighted by Crippen LogP contribution is -2.12. The first-order valence-electron chi connectivity index (χ1n) is 6.98. The lowest BCUT2D eigenvalue weighted by atomic mass is 10.0. The Morgan fingerprint density at radius 2 is 2.05 bits per heavy atom. The summed E-state index contributed by atoms with van der Waals surface area (Å²) in [5.41, 5.74) is 3.49. The lowest BCUT2D eigenvalue weighted by Gasteiger charge is -2.09. The molecule has 0 radical (unpaired) electrons. The van der Waals surface area contributed by atoms with E-state index in [2.05, 4.69) is 35.4 Å². The monoisotopic (exact) mass is 279 g/mol. The molecule has 0 aliphatic carbocycles. The summed E-state index contributed by atoms with van der Waals surface area (Å²) >= 11 is 0. The average Bonchev–Trinajstić information content (AvgIpc) is 2.94. The highest BCUT2D eigenvalue weighted by Gasteiger charge is 2.08. The summed E-state index contributed by atoms with van der Waals surface area (Å²) < 4.78 is 0. The summed E-state index contributed by atoms with van der Waals surface area (Å²) in [6, 6.07) is 13.4. The van der Waals surface area contributed by atoms with Crippen molar-refractivity contribution in [3.05, 3.63) is 59.8 Å². The maximum Gasteiger partial charge on any atom is 0.255 e. The van der Waals surface area contributed by atoms with Crippen LogP contribution in [0.15, 0.2) is 48.7 Å². The van der Waals surface area contributed by atoms with Crippen molar-refractivity contribution in [2.45, 2.75) is 19.8 Å². The molecule has 1 aromatic heterocycles. The summed E-state index contributed by atoms with van der Waals surface area (Å²) in [6.45, 7) is 4.26. The van der Waals surface area contributed by atoms with Crippen LogP contribution in [0.25, 0.3) is 10.9 Å². The molecule has 2 aromatic carbocycles. The van der Waals surface area contributed by atoms with Gasteiger partial charge in [-0.1, -0.05) is 32.0 Å². The van der Waals surface area contributed by atoms with E-state index in [0.29, 0.717) is 11.5 Å². The van der Waals surface area contributed by atoms with Gasteiger partial charge < -0.3 is 5.32 Å². The molecule has 1 heterocycles. The molecule has 0 saturated heterocycles. The molecule has 0 atom stereocenters. The Kier molecular flexibility index (Phi) is 3.44. The Morgan fingerprint density at radius 3 is 2.86 bits per heavy atom. The normalized spacial score (nSPS) is 11.0. The molecule has 1 amide bonds. The third-order valence-electron chi connectivity index (χ3n) is 3.52. The van der Waals surface area contributed by atoms with Gasteiger partial charge in [-0.05, 0) is 35.7 Å². The number of amides is 1. The van der Waals surface area contributed by atoms with Crippen molar-refractivity contribution in [1.82, 2.24) is 10.2 Å². The SMILES string of the molecule is CC(C)c1cccc(NC(=O)c2ccc3cn[nH]c3c2)c1. The maximum absolute atomic E-state index is 12.3. The number of hydrogen-bond donors (Lipinski definition) is 2. The minimum absolute atomic E-state index is 0.118. The van der Waals surface area contributed by atoms with Crippen LogP contribution in [0.4, 0.5) is 5.69 Å². The topological polar surface area (TPSA) is 57.8 Å². The molecule has 4 nitrogen and oxygen atoms in total. The van der Waals surface area contributed by atoms with Crippen molar-refractivity contribution in [1.29, 1.82) is 0 Å². The van der Waals surface area contributed by atoms with Gasteiger partial charge in [0.25, 0.3) is 5.91 Å². The van der Waals surface area contributed by atoms with Crippen molar-refractivity contribution in [2.24, 2.45) is 0 Å². The second-order valence-electron chi connectivity index (χ2n) is 5.41. The van der Waals surface area contributed by atoms with Crippen molar-refractivity contribution in [3.8, 4) is 0 Å². The number of H-pyrrole nitrogens is 1. The molecule has 0 aliphatic rings. The Bertz CT molecular complexity index is 789. The van der Waals surface area contributed by atoms with Gasteiger partial charge in [-0.25, -0.2) is 0 Å². The molecule has 0 aliphatic heterocycles. The first-order valence-corrected chi connectivity index (χ1v) is 6.98. The Hall–Kier alpha value is -2.62. The molecule has 0 saturated carbocycles. The number of rotatable bonds is 3. The fourth-order valence-corrected chi connectivity index (χ4v) is 2.26. The van der Waals surface area contributed by atoms with Gasteiger partial charge in [-0.2, -0.15) is 5.10 Å². The minimum Gasteiger partial charge on any atom is -0.322 e. The van der Waals surface area contributed by atoms with Crippen LogP contribution in [-0.2, 0) is 0 Å². The quantitative estimate of drug-likeness (QED) is 0.763. The number of nitrogens with one attached hydrogen (secondary N) is 2.